The number of rotatable bonds is 9. The SMILES string of the molecule is COCCN(CCC(=O)NCc1ccccc1)C(=O)c1cc(C)oc1C. The number of carbonyl (C=O) groups is 2. The van der Waals surface area contributed by atoms with Crippen molar-refractivity contribution < 1.29 is 18.7 Å². The summed E-state index contributed by atoms with van der Waals surface area (Å²) in [5, 5.41) is 2.88. The summed E-state index contributed by atoms with van der Waals surface area (Å²) in [6.07, 6.45) is 0.234. The average molecular weight is 358 g/mol. The summed E-state index contributed by atoms with van der Waals surface area (Å²) >= 11 is 0. The Morgan fingerprint density at radius 1 is 1.15 bits per heavy atom. The Balaban J connectivity index is 1.91. The van der Waals surface area contributed by atoms with Crippen LogP contribution in [0.3, 0.4) is 0 Å². The number of aryl methyl sites for hydroxylation is 2. The van der Waals surface area contributed by atoms with Gasteiger partial charge in [0.15, 0.2) is 0 Å². The maximum atomic E-state index is 12.8. The largest absolute Gasteiger partial charge is 0.466 e. The van der Waals surface area contributed by atoms with E-state index in [-0.39, 0.29) is 18.2 Å². The Morgan fingerprint density at radius 2 is 1.88 bits per heavy atom. The third-order valence-corrected chi connectivity index (χ3v) is 4.07. The zero-order valence-corrected chi connectivity index (χ0v) is 15.6. The minimum atomic E-state index is -0.146. The number of furan rings is 1. The molecule has 1 heterocycles. The van der Waals surface area contributed by atoms with Crippen molar-refractivity contribution in [2.24, 2.45) is 0 Å². The summed E-state index contributed by atoms with van der Waals surface area (Å²) in [5.41, 5.74) is 1.57. The Labute approximate surface area is 154 Å². The lowest BCUT2D eigenvalue weighted by Gasteiger charge is -2.22. The quantitative estimate of drug-likeness (QED) is 0.748. The van der Waals surface area contributed by atoms with E-state index < -0.39 is 0 Å². The molecule has 1 aromatic carbocycles. The Hall–Kier alpha value is -2.60. The highest BCUT2D eigenvalue weighted by atomic mass is 16.5. The fourth-order valence-corrected chi connectivity index (χ4v) is 2.65. The van der Waals surface area contributed by atoms with Crippen molar-refractivity contribution in [3.8, 4) is 0 Å². The predicted molar refractivity (Wildman–Crippen MR) is 98.9 cm³/mol. The highest BCUT2D eigenvalue weighted by Crippen LogP contribution is 2.16. The zero-order chi connectivity index (χ0) is 18.9. The van der Waals surface area contributed by atoms with Gasteiger partial charge in [-0.3, -0.25) is 9.59 Å². The van der Waals surface area contributed by atoms with E-state index in [0.717, 1.165) is 5.56 Å². The number of amides is 2. The lowest BCUT2D eigenvalue weighted by molar-refractivity contribution is -0.121. The van der Waals surface area contributed by atoms with Crippen molar-refractivity contribution in [2.75, 3.05) is 26.8 Å². The third-order valence-electron chi connectivity index (χ3n) is 4.07. The molecule has 140 valence electrons. The van der Waals surface area contributed by atoms with Crippen molar-refractivity contribution >= 4 is 11.8 Å². The number of nitrogens with one attached hydrogen (secondary N) is 1. The molecule has 6 heteroatoms. The minimum Gasteiger partial charge on any atom is -0.466 e. The topological polar surface area (TPSA) is 71.8 Å². The highest BCUT2D eigenvalue weighted by molar-refractivity contribution is 5.95. The van der Waals surface area contributed by atoms with Crippen LogP contribution in [0.2, 0.25) is 0 Å². The van der Waals surface area contributed by atoms with Crippen LogP contribution < -0.4 is 5.32 Å². The first kappa shape index (κ1) is 19.7. The molecule has 2 amide bonds. The van der Waals surface area contributed by atoms with Gasteiger partial charge in [-0.1, -0.05) is 30.3 Å². The molecule has 0 fully saturated rings. The summed E-state index contributed by atoms with van der Waals surface area (Å²) in [7, 11) is 1.59. The van der Waals surface area contributed by atoms with Crippen LogP contribution in [-0.4, -0.2) is 43.5 Å². The number of hydrogen-bond acceptors (Lipinski definition) is 4. The van der Waals surface area contributed by atoms with Gasteiger partial charge in [-0.15, -0.1) is 0 Å². The number of carbonyl (C=O) groups excluding carboxylic acids is 2. The van der Waals surface area contributed by atoms with Gasteiger partial charge in [0.05, 0.1) is 12.2 Å². The molecule has 0 saturated heterocycles. The van der Waals surface area contributed by atoms with Crippen LogP contribution in [0.5, 0.6) is 0 Å². The van der Waals surface area contributed by atoms with Gasteiger partial charge in [-0.25, -0.2) is 0 Å². The van der Waals surface area contributed by atoms with E-state index in [1.165, 1.54) is 0 Å². The molecule has 0 aliphatic heterocycles. The van der Waals surface area contributed by atoms with Gasteiger partial charge in [-0.05, 0) is 25.5 Å². The van der Waals surface area contributed by atoms with Crippen molar-refractivity contribution in [2.45, 2.75) is 26.8 Å². The van der Waals surface area contributed by atoms with E-state index in [1.807, 2.05) is 30.3 Å². The summed E-state index contributed by atoms with van der Waals surface area (Å²) in [6.45, 7) is 5.21. The molecule has 0 aliphatic rings. The summed E-state index contributed by atoms with van der Waals surface area (Å²) in [5.74, 6) is 1.04. The summed E-state index contributed by atoms with van der Waals surface area (Å²) in [4.78, 5) is 26.5. The summed E-state index contributed by atoms with van der Waals surface area (Å²) in [6, 6.07) is 11.4. The second-order valence-corrected chi connectivity index (χ2v) is 6.12. The molecule has 26 heavy (non-hydrogen) atoms. The number of hydrogen-bond donors (Lipinski definition) is 1. The number of nitrogens with zero attached hydrogens (tertiary/aromatic N) is 1. The molecule has 0 saturated carbocycles. The van der Waals surface area contributed by atoms with Gasteiger partial charge in [-0.2, -0.15) is 0 Å². The first-order valence-electron chi connectivity index (χ1n) is 8.67. The first-order valence-corrected chi connectivity index (χ1v) is 8.67. The molecule has 0 bridgehead atoms. The van der Waals surface area contributed by atoms with E-state index in [0.29, 0.717) is 43.3 Å². The number of methoxy groups -OCH3 is 1. The Bertz CT molecular complexity index is 725. The molecule has 2 rings (SSSR count). The van der Waals surface area contributed by atoms with Crippen LogP contribution in [-0.2, 0) is 16.1 Å². The fraction of sp³-hybridized carbons (Fsp3) is 0.400. The molecule has 0 atom stereocenters. The van der Waals surface area contributed by atoms with Crippen molar-refractivity contribution in [1.29, 1.82) is 0 Å². The third kappa shape index (κ3) is 5.74. The van der Waals surface area contributed by atoms with Crippen molar-refractivity contribution in [3.63, 3.8) is 0 Å². The zero-order valence-electron chi connectivity index (χ0n) is 15.6. The maximum Gasteiger partial charge on any atom is 0.257 e. The average Bonchev–Trinajstić information content (AvgIpc) is 2.98. The first-order chi connectivity index (χ1) is 12.5. The van der Waals surface area contributed by atoms with Crippen molar-refractivity contribution in [1.82, 2.24) is 10.2 Å². The van der Waals surface area contributed by atoms with E-state index in [2.05, 4.69) is 5.32 Å². The Kier molecular flexibility index (Phi) is 7.41. The number of benzene rings is 1. The standard InChI is InChI=1S/C20H26N2O4/c1-15-13-18(16(2)26-15)20(24)22(11-12-25-3)10-9-19(23)21-14-17-7-5-4-6-8-17/h4-8,13H,9-12,14H2,1-3H3,(H,21,23). The van der Waals surface area contributed by atoms with E-state index >= 15 is 0 Å². The van der Waals surface area contributed by atoms with Gasteiger partial charge < -0.3 is 19.4 Å². The number of ether oxygens (including phenoxy) is 1. The van der Waals surface area contributed by atoms with Gasteiger partial charge in [0.1, 0.15) is 11.5 Å². The molecule has 1 N–H and O–H groups in total. The smallest absolute Gasteiger partial charge is 0.257 e. The Morgan fingerprint density at radius 3 is 2.50 bits per heavy atom. The maximum absolute atomic E-state index is 12.8. The lowest BCUT2D eigenvalue weighted by atomic mass is 10.2. The van der Waals surface area contributed by atoms with Crippen LogP contribution in [0, 0.1) is 13.8 Å². The van der Waals surface area contributed by atoms with Crippen LogP contribution in [0.4, 0.5) is 0 Å². The van der Waals surface area contributed by atoms with E-state index in [9.17, 15) is 9.59 Å². The van der Waals surface area contributed by atoms with E-state index in [1.54, 1.807) is 31.9 Å². The molecule has 1 aromatic heterocycles. The van der Waals surface area contributed by atoms with Gasteiger partial charge in [0, 0.05) is 33.2 Å². The van der Waals surface area contributed by atoms with Gasteiger partial charge in [0.25, 0.3) is 5.91 Å². The van der Waals surface area contributed by atoms with Crippen LogP contribution in [0.25, 0.3) is 0 Å². The lowest BCUT2D eigenvalue weighted by Crippen LogP contribution is -2.37. The predicted octanol–water partition coefficient (Wildman–Crippen LogP) is 2.69. The van der Waals surface area contributed by atoms with Crippen LogP contribution >= 0.6 is 0 Å². The molecule has 0 unspecified atom stereocenters. The molecular weight excluding hydrogens is 332 g/mol. The van der Waals surface area contributed by atoms with Gasteiger partial charge >= 0.3 is 0 Å². The molecular formula is C20H26N2O4. The molecule has 0 radical (unpaired) electrons. The monoisotopic (exact) mass is 358 g/mol. The molecule has 0 aliphatic carbocycles. The highest BCUT2D eigenvalue weighted by Gasteiger charge is 2.21. The summed E-state index contributed by atoms with van der Waals surface area (Å²) < 4.78 is 10.5. The molecule has 0 spiro atoms. The van der Waals surface area contributed by atoms with Crippen LogP contribution in [0.1, 0.15) is 33.9 Å². The normalized spacial score (nSPS) is 10.6. The second-order valence-electron chi connectivity index (χ2n) is 6.12. The molecule has 6 nitrogen and oxygen atoms in total. The van der Waals surface area contributed by atoms with Crippen LogP contribution in [0.15, 0.2) is 40.8 Å². The second kappa shape index (κ2) is 9.77. The van der Waals surface area contributed by atoms with E-state index in [4.69, 9.17) is 9.15 Å². The van der Waals surface area contributed by atoms with Crippen molar-refractivity contribution in [3.05, 3.63) is 59.0 Å². The molecule has 2 aromatic rings. The fourth-order valence-electron chi connectivity index (χ4n) is 2.65. The minimum absolute atomic E-state index is 0.0934. The van der Waals surface area contributed by atoms with Gasteiger partial charge in [0.2, 0.25) is 5.91 Å².